The molecule has 4 unspecified atom stereocenters. The zero-order valence-electron chi connectivity index (χ0n) is 18.9. The minimum absolute atomic E-state index is 0. The van der Waals surface area contributed by atoms with Crippen LogP contribution in [0.15, 0.2) is 18.2 Å². The summed E-state index contributed by atoms with van der Waals surface area (Å²) in [7, 11) is 0. The second-order valence-electron chi connectivity index (χ2n) is 9.52. The lowest BCUT2D eigenvalue weighted by Gasteiger charge is -2.35. The van der Waals surface area contributed by atoms with Gasteiger partial charge in [-0.15, -0.1) is 12.4 Å². The molecule has 2 N–H and O–H groups in total. The fraction of sp³-hybridized carbons (Fsp3) is 0.667. The summed E-state index contributed by atoms with van der Waals surface area (Å²) in [6, 6.07) is 5.67. The van der Waals surface area contributed by atoms with Gasteiger partial charge >= 0.3 is 0 Å². The fourth-order valence-corrected chi connectivity index (χ4v) is 4.93. The molecular formula is C24H38ClN3O2. The number of hydrogen-bond donors (Lipinski definition) is 2. The summed E-state index contributed by atoms with van der Waals surface area (Å²) < 4.78 is 0. The Balaban J connectivity index is 0.00000320. The van der Waals surface area contributed by atoms with Crippen molar-refractivity contribution in [3.63, 3.8) is 0 Å². The zero-order valence-corrected chi connectivity index (χ0v) is 19.7. The quantitative estimate of drug-likeness (QED) is 0.715. The number of likely N-dealkylation sites (tertiary alicyclic amines) is 1. The minimum atomic E-state index is 0. The topological polar surface area (TPSA) is 61.4 Å². The van der Waals surface area contributed by atoms with E-state index in [9.17, 15) is 9.59 Å². The lowest BCUT2D eigenvalue weighted by Crippen LogP contribution is -2.42. The molecule has 2 aliphatic heterocycles. The third-order valence-corrected chi connectivity index (χ3v) is 6.56. The molecule has 0 spiro atoms. The average molecular weight is 436 g/mol. The van der Waals surface area contributed by atoms with Gasteiger partial charge in [-0.3, -0.25) is 9.59 Å². The monoisotopic (exact) mass is 435 g/mol. The number of aryl methyl sites for hydroxylation is 1. The normalized spacial score (nSPS) is 25.2. The summed E-state index contributed by atoms with van der Waals surface area (Å²) in [6.07, 6.45) is 4.07. The van der Waals surface area contributed by atoms with Crippen LogP contribution in [0.25, 0.3) is 0 Å². The number of carbonyl (C=O) groups excluding carboxylic acids is 2. The number of halogens is 1. The number of piperidine rings is 2. The number of nitrogens with one attached hydrogen (secondary N) is 2. The second-order valence-corrected chi connectivity index (χ2v) is 9.52. The molecule has 0 aliphatic carbocycles. The second kappa shape index (κ2) is 11.1. The Labute approximate surface area is 187 Å². The Hall–Kier alpha value is -1.59. The van der Waals surface area contributed by atoms with Crippen LogP contribution in [0.4, 0.5) is 5.69 Å². The Morgan fingerprint density at radius 2 is 1.93 bits per heavy atom. The van der Waals surface area contributed by atoms with Crippen LogP contribution in [0.5, 0.6) is 0 Å². The van der Waals surface area contributed by atoms with E-state index in [4.69, 9.17) is 0 Å². The van der Waals surface area contributed by atoms with Gasteiger partial charge in [0, 0.05) is 30.8 Å². The van der Waals surface area contributed by atoms with Crippen molar-refractivity contribution in [2.75, 3.05) is 31.5 Å². The van der Waals surface area contributed by atoms with Crippen molar-refractivity contribution in [1.29, 1.82) is 0 Å². The third-order valence-electron chi connectivity index (χ3n) is 6.56. The highest BCUT2D eigenvalue weighted by molar-refractivity contribution is 5.98. The van der Waals surface area contributed by atoms with Crippen molar-refractivity contribution in [1.82, 2.24) is 10.2 Å². The van der Waals surface area contributed by atoms with Gasteiger partial charge in [-0.2, -0.15) is 0 Å². The van der Waals surface area contributed by atoms with E-state index in [1.54, 1.807) is 0 Å². The van der Waals surface area contributed by atoms with Gasteiger partial charge in [-0.05, 0) is 80.6 Å². The highest BCUT2D eigenvalue weighted by Crippen LogP contribution is 2.26. The van der Waals surface area contributed by atoms with Crippen LogP contribution in [-0.4, -0.2) is 42.9 Å². The molecule has 0 saturated carbocycles. The Bertz CT molecular complexity index is 723. The van der Waals surface area contributed by atoms with Crippen molar-refractivity contribution in [3.8, 4) is 0 Å². The molecule has 0 bridgehead atoms. The molecule has 5 nitrogen and oxygen atoms in total. The first-order valence-corrected chi connectivity index (χ1v) is 11.2. The minimum Gasteiger partial charge on any atom is -0.338 e. The van der Waals surface area contributed by atoms with Crippen LogP contribution in [-0.2, 0) is 4.79 Å². The van der Waals surface area contributed by atoms with Crippen LogP contribution in [0.3, 0.4) is 0 Å². The number of amides is 2. The van der Waals surface area contributed by atoms with Gasteiger partial charge in [0.05, 0.1) is 0 Å². The van der Waals surface area contributed by atoms with E-state index in [2.05, 4.69) is 31.4 Å². The number of rotatable bonds is 5. The third kappa shape index (κ3) is 6.45. The molecule has 6 heteroatoms. The molecule has 4 atom stereocenters. The molecule has 168 valence electrons. The lowest BCUT2D eigenvalue weighted by atomic mass is 9.85. The summed E-state index contributed by atoms with van der Waals surface area (Å²) in [5.41, 5.74) is 2.41. The van der Waals surface area contributed by atoms with E-state index in [1.807, 2.05) is 30.0 Å². The van der Waals surface area contributed by atoms with E-state index in [0.717, 1.165) is 37.4 Å². The maximum absolute atomic E-state index is 13.0. The van der Waals surface area contributed by atoms with Gasteiger partial charge in [0.2, 0.25) is 5.91 Å². The Morgan fingerprint density at radius 3 is 2.57 bits per heavy atom. The first-order chi connectivity index (χ1) is 13.8. The number of nitrogens with zero attached hydrogens (tertiary/aromatic N) is 1. The van der Waals surface area contributed by atoms with Gasteiger partial charge in [-0.25, -0.2) is 0 Å². The van der Waals surface area contributed by atoms with Gasteiger partial charge in [0.15, 0.2) is 0 Å². The van der Waals surface area contributed by atoms with Gasteiger partial charge in [-0.1, -0.05) is 26.8 Å². The molecule has 3 rings (SSSR count). The standard InChI is InChI=1S/C24H37N3O2.ClH/c1-16-10-17(2)15-27(14-16)24(29)20-8-7-18(3)22(12-20)26-23(28)11-19(4)21-6-5-9-25-13-21;/h7-8,12,16-17,19,21,25H,5-6,9-11,13-15H2,1-4H3,(H,26,28);1H. The fourth-order valence-electron chi connectivity index (χ4n) is 4.93. The van der Waals surface area contributed by atoms with E-state index < -0.39 is 0 Å². The highest BCUT2D eigenvalue weighted by Gasteiger charge is 2.27. The molecule has 30 heavy (non-hydrogen) atoms. The summed E-state index contributed by atoms with van der Waals surface area (Å²) in [6.45, 7) is 12.3. The van der Waals surface area contributed by atoms with Crippen LogP contribution in [0.2, 0.25) is 0 Å². The van der Waals surface area contributed by atoms with Crippen LogP contribution in [0.1, 0.15) is 62.4 Å². The van der Waals surface area contributed by atoms with Crippen molar-refractivity contribution in [3.05, 3.63) is 29.3 Å². The van der Waals surface area contributed by atoms with Crippen molar-refractivity contribution >= 4 is 29.9 Å². The van der Waals surface area contributed by atoms with Crippen molar-refractivity contribution < 1.29 is 9.59 Å². The molecule has 0 radical (unpaired) electrons. The molecule has 2 fully saturated rings. The summed E-state index contributed by atoms with van der Waals surface area (Å²) in [5.74, 6) is 2.08. The van der Waals surface area contributed by atoms with Crippen LogP contribution >= 0.6 is 12.4 Å². The van der Waals surface area contributed by atoms with E-state index in [0.29, 0.717) is 35.7 Å². The molecule has 0 aromatic heterocycles. The Kier molecular flexibility index (Phi) is 9.17. The molecular weight excluding hydrogens is 398 g/mol. The maximum Gasteiger partial charge on any atom is 0.253 e. The SMILES string of the molecule is Cc1ccc(C(=O)N2CC(C)CC(C)C2)cc1NC(=O)CC(C)C1CCCNC1.Cl. The maximum atomic E-state index is 13.0. The first kappa shape index (κ1) is 24.7. The Morgan fingerprint density at radius 1 is 1.23 bits per heavy atom. The predicted octanol–water partition coefficient (Wildman–Crippen LogP) is 4.50. The summed E-state index contributed by atoms with van der Waals surface area (Å²) in [5, 5.41) is 6.50. The van der Waals surface area contributed by atoms with Crippen LogP contribution < -0.4 is 10.6 Å². The molecule has 2 amide bonds. The van der Waals surface area contributed by atoms with Gasteiger partial charge in [0.25, 0.3) is 5.91 Å². The van der Waals surface area contributed by atoms with Crippen molar-refractivity contribution in [2.45, 2.75) is 53.4 Å². The lowest BCUT2D eigenvalue weighted by molar-refractivity contribution is -0.117. The van der Waals surface area contributed by atoms with Gasteiger partial charge in [0.1, 0.15) is 0 Å². The van der Waals surface area contributed by atoms with E-state index >= 15 is 0 Å². The van der Waals surface area contributed by atoms with Gasteiger partial charge < -0.3 is 15.5 Å². The smallest absolute Gasteiger partial charge is 0.253 e. The number of carbonyl (C=O) groups is 2. The van der Waals surface area contributed by atoms with E-state index in [1.165, 1.54) is 19.3 Å². The summed E-state index contributed by atoms with van der Waals surface area (Å²) in [4.78, 5) is 27.7. The van der Waals surface area contributed by atoms with Crippen molar-refractivity contribution in [2.24, 2.45) is 23.7 Å². The molecule has 2 saturated heterocycles. The molecule has 1 aromatic rings. The first-order valence-electron chi connectivity index (χ1n) is 11.2. The predicted molar refractivity (Wildman–Crippen MR) is 125 cm³/mol. The number of benzene rings is 1. The largest absolute Gasteiger partial charge is 0.338 e. The van der Waals surface area contributed by atoms with E-state index in [-0.39, 0.29) is 24.2 Å². The molecule has 2 heterocycles. The average Bonchev–Trinajstić information content (AvgIpc) is 2.69. The molecule has 1 aromatic carbocycles. The number of anilines is 1. The van der Waals surface area contributed by atoms with Crippen LogP contribution in [0, 0.1) is 30.6 Å². The summed E-state index contributed by atoms with van der Waals surface area (Å²) >= 11 is 0. The zero-order chi connectivity index (χ0) is 21.0. The molecule has 2 aliphatic rings. The number of hydrogen-bond acceptors (Lipinski definition) is 3. The highest BCUT2D eigenvalue weighted by atomic mass is 35.5.